The number of aromatic amines is 1. The minimum absolute atomic E-state index is 0.0547. The Morgan fingerprint density at radius 3 is 2.30 bits per heavy atom. The van der Waals surface area contributed by atoms with Crippen LogP contribution in [-0.2, 0) is 48.1 Å². The summed E-state index contributed by atoms with van der Waals surface area (Å²) in [4.78, 5) is 93.4. The van der Waals surface area contributed by atoms with Crippen molar-refractivity contribution >= 4 is 35.6 Å². The van der Waals surface area contributed by atoms with Crippen LogP contribution in [0.2, 0.25) is 0 Å². The second kappa shape index (κ2) is 24.1. The lowest BCUT2D eigenvalue weighted by Gasteiger charge is -2.29. The molecule has 2 aromatic heterocycles. The average molecular weight is 875 g/mol. The molecule has 3 aromatic rings. The predicted octanol–water partition coefficient (Wildman–Crippen LogP) is 2.03. The molecule has 0 radical (unpaired) electrons. The summed E-state index contributed by atoms with van der Waals surface area (Å²) >= 11 is 0. The molecule has 0 bridgehead atoms. The minimum Gasteiger partial charge on any atom is -0.444 e. The van der Waals surface area contributed by atoms with Crippen LogP contribution in [0.25, 0.3) is 0 Å². The van der Waals surface area contributed by atoms with E-state index in [4.69, 9.17) is 10.5 Å². The van der Waals surface area contributed by atoms with Crippen LogP contribution in [0.5, 0.6) is 0 Å². The maximum absolute atomic E-state index is 14.1. The number of pyridine rings is 1. The molecular formula is C45H66N10O8. The van der Waals surface area contributed by atoms with Gasteiger partial charge >= 0.3 is 6.09 Å². The number of hydrogen-bond acceptors (Lipinski definition) is 11. The molecule has 3 unspecified atom stereocenters. The summed E-state index contributed by atoms with van der Waals surface area (Å²) in [6.45, 7) is 11.5. The van der Waals surface area contributed by atoms with E-state index in [9.17, 15) is 33.9 Å². The molecule has 6 amide bonds. The van der Waals surface area contributed by atoms with Crippen LogP contribution in [0.1, 0.15) is 90.6 Å². The zero-order valence-electron chi connectivity index (χ0n) is 37.3. The van der Waals surface area contributed by atoms with Crippen molar-refractivity contribution in [2.45, 2.75) is 135 Å². The number of ether oxygens (including phenoxy) is 1. The van der Waals surface area contributed by atoms with Crippen LogP contribution in [0.3, 0.4) is 0 Å². The standard InChI is InChI=1S/C45H66N10O8/c1-7-29(3)39(43(61)50-26-31-16-11-12-18-48-31)54-38(57)23-37(56)33(46)20-28(2)24-49-40(58)35(22-32-25-47-27-51-32)52-41(59)34(21-30-14-9-8-10-15-30)53-42(60)36-17-13-19-55(36)44(62)63-45(4,5)6/h8-12,14-16,18,25,27-29,33-37,39,56H,7,13,17,19-24,26,46H2,1-6H3,(H,47,51)(H,49,58)(H,50,61)(H,52,59)(H,53,60)(H,54,57)/t28?,29-,33?,34-,35-,36-,37?,39-/m0/s1. The number of carbonyl (C=O) groups is 6. The van der Waals surface area contributed by atoms with Crippen molar-refractivity contribution in [1.82, 2.24) is 46.4 Å². The first-order valence-electron chi connectivity index (χ1n) is 21.7. The first kappa shape index (κ1) is 49.8. The van der Waals surface area contributed by atoms with Crippen LogP contribution in [0, 0.1) is 11.8 Å². The minimum atomic E-state index is -1.23. The lowest BCUT2D eigenvalue weighted by Crippen LogP contribution is -2.57. The fourth-order valence-corrected chi connectivity index (χ4v) is 7.17. The predicted molar refractivity (Wildman–Crippen MR) is 235 cm³/mol. The lowest BCUT2D eigenvalue weighted by molar-refractivity contribution is -0.133. The van der Waals surface area contributed by atoms with Crippen molar-refractivity contribution in [2.24, 2.45) is 17.6 Å². The van der Waals surface area contributed by atoms with Gasteiger partial charge in [-0.3, -0.25) is 33.9 Å². The smallest absolute Gasteiger partial charge is 0.410 e. The zero-order valence-corrected chi connectivity index (χ0v) is 37.3. The van der Waals surface area contributed by atoms with E-state index in [-0.39, 0.29) is 56.5 Å². The van der Waals surface area contributed by atoms with Gasteiger partial charge in [0.15, 0.2) is 0 Å². The Balaban J connectivity index is 1.36. The number of aliphatic hydroxyl groups is 1. The van der Waals surface area contributed by atoms with Crippen LogP contribution >= 0.6 is 0 Å². The van der Waals surface area contributed by atoms with Gasteiger partial charge in [-0.05, 0) is 69.6 Å². The van der Waals surface area contributed by atoms with Gasteiger partial charge in [-0.25, -0.2) is 9.78 Å². The molecule has 0 aliphatic carbocycles. The highest BCUT2D eigenvalue weighted by Gasteiger charge is 2.39. The fraction of sp³-hybridized carbons (Fsp3) is 0.556. The van der Waals surface area contributed by atoms with Gasteiger partial charge in [0.25, 0.3) is 0 Å². The molecule has 1 saturated heterocycles. The Bertz CT molecular complexity index is 1930. The topological polar surface area (TPSA) is 263 Å². The Hall–Kier alpha value is -5.88. The molecule has 1 fully saturated rings. The second-order valence-corrected chi connectivity index (χ2v) is 17.4. The first-order valence-corrected chi connectivity index (χ1v) is 21.7. The zero-order chi connectivity index (χ0) is 46.1. The van der Waals surface area contributed by atoms with Gasteiger partial charge in [-0.15, -0.1) is 0 Å². The van der Waals surface area contributed by atoms with Gasteiger partial charge in [-0.2, -0.15) is 0 Å². The second-order valence-electron chi connectivity index (χ2n) is 17.4. The summed E-state index contributed by atoms with van der Waals surface area (Å²) in [5, 5.41) is 25.1. The SMILES string of the molecule is CC[C@H](C)[C@H](NC(=O)CC(O)C(N)CC(C)CNC(=O)[C@H](Cc1cnc[nH]1)NC(=O)[C@H](Cc1ccccc1)NC(=O)[C@@H]1CCCN1C(=O)OC(C)(C)C)C(=O)NCc1ccccn1. The quantitative estimate of drug-likeness (QED) is 0.0724. The van der Waals surface area contributed by atoms with Crippen molar-refractivity contribution < 1.29 is 38.6 Å². The highest BCUT2D eigenvalue weighted by Crippen LogP contribution is 2.22. The monoisotopic (exact) mass is 875 g/mol. The number of benzene rings is 1. The van der Waals surface area contributed by atoms with Gasteiger partial charge < -0.3 is 47.1 Å². The van der Waals surface area contributed by atoms with E-state index in [0.717, 1.165) is 5.56 Å². The molecule has 18 nitrogen and oxygen atoms in total. The molecule has 1 aliphatic heterocycles. The van der Waals surface area contributed by atoms with Gasteiger partial charge in [0.2, 0.25) is 29.5 Å². The van der Waals surface area contributed by atoms with Crippen molar-refractivity contribution in [3.63, 3.8) is 0 Å². The van der Waals surface area contributed by atoms with Gasteiger partial charge in [0.1, 0.15) is 29.8 Å². The van der Waals surface area contributed by atoms with Crippen molar-refractivity contribution in [1.29, 1.82) is 0 Å². The number of amides is 6. The van der Waals surface area contributed by atoms with E-state index >= 15 is 0 Å². The third-order valence-corrected chi connectivity index (χ3v) is 10.9. The molecule has 0 saturated carbocycles. The van der Waals surface area contributed by atoms with Crippen LogP contribution in [-0.4, -0.2) is 116 Å². The summed E-state index contributed by atoms with van der Waals surface area (Å²) in [7, 11) is 0. The maximum Gasteiger partial charge on any atom is 0.410 e. The molecule has 9 N–H and O–H groups in total. The van der Waals surface area contributed by atoms with E-state index in [1.165, 1.54) is 11.2 Å². The summed E-state index contributed by atoms with van der Waals surface area (Å²) in [5.41, 5.74) is 7.61. The summed E-state index contributed by atoms with van der Waals surface area (Å²) in [6, 6.07) is 9.81. The van der Waals surface area contributed by atoms with Crippen molar-refractivity contribution in [3.8, 4) is 0 Å². The number of aliphatic hydroxyl groups excluding tert-OH is 1. The van der Waals surface area contributed by atoms with Gasteiger partial charge in [0.05, 0.1) is 31.1 Å². The maximum atomic E-state index is 14.1. The number of rotatable bonds is 22. The van der Waals surface area contributed by atoms with Gasteiger partial charge in [-0.1, -0.05) is 63.6 Å². The Morgan fingerprint density at radius 2 is 1.65 bits per heavy atom. The molecule has 3 heterocycles. The van der Waals surface area contributed by atoms with E-state index in [2.05, 4.69) is 41.5 Å². The third kappa shape index (κ3) is 16.4. The Labute approximate surface area is 369 Å². The number of carbonyl (C=O) groups excluding carboxylic acids is 6. The molecule has 344 valence electrons. The molecule has 1 aliphatic rings. The van der Waals surface area contributed by atoms with Crippen LogP contribution in [0.15, 0.2) is 67.3 Å². The highest BCUT2D eigenvalue weighted by molar-refractivity contribution is 5.94. The van der Waals surface area contributed by atoms with E-state index < -0.39 is 71.6 Å². The number of nitrogens with zero attached hydrogens (tertiary/aromatic N) is 3. The van der Waals surface area contributed by atoms with E-state index in [1.54, 1.807) is 45.3 Å². The van der Waals surface area contributed by atoms with Gasteiger partial charge in [0, 0.05) is 50.1 Å². The summed E-state index contributed by atoms with van der Waals surface area (Å²) < 4.78 is 5.54. The first-order chi connectivity index (χ1) is 29.9. The number of H-pyrrole nitrogens is 1. The van der Waals surface area contributed by atoms with Crippen molar-refractivity contribution in [3.05, 3.63) is 84.2 Å². The largest absolute Gasteiger partial charge is 0.444 e. The van der Waals surface area contributed by atoms with Crippen LogP contribution in [0.4, 0.5) is 4.79 Å². The number of imidazole rings is 1. The Kier molecular flexibility index (Phi) is 19.0. The van der Waals surface area contributed by atoms with E-state index in [0.29, 0.717) is 37.2 Å². The summed E-state index contributed by atoms with van der Waals surface area (Å²) in [5.74, 6) is -2.96. The summed E-state index contributed by atoms with van der Waals surface area (Å²) in [6.07, 6.45) is 4.46. The average Bonchev–Trinajstić information content (AvgIpc) is 3.96. The molecule has 0 spiro atoms. The highest BCUT2D eigenvalue weighted by atomic mass is 16.6. The molecular weight excluding hydrogens is 809 g/mol. The molecule has 63 heavy (non-hydrogen) atoms. The fourth-order valence-electron chi connectivity index (χ4n) is 7.17. The normalized spacial score (nSPS) is 17.2. The Morgan fingerprint density at radius 1 is 0.937 bits per heavy atom. The van der Waals surface area contributed by atoms with Crippen LogP contribution < -0.4 is 32.3 Å². The number of hydrogen-bond donors (Lipinski definition) is 8. The molecule has 1 aromatic carbocycles. The molecule has 4 rings (SSSR count). The molecule has 18 heteroatoms. The number of nitrogens with one attached hydrogen (secondary N) is 6. The third-order valence-electron chi connectivity index (χ3n) is 10.9. The van der Waals surface area contributed by atoms with E-state index in [1.807, 2.05) is 57.2 Å². The lowest BCUT2D eigenvalue weighted by atomic mass is 9.95. The number of aromatic nitrogens is 3. The number of nitrogens with two attached hydrogens (primary N) is 1. The number of likely N-dealkylation sites (tertiary alicyclic amines) is 1. The molecule has 8 atom stereocenters. The van der Waals surface area contributed by atoms with Crippen molar-refractivity contribution in [2.75, 3.05) is 13.1 Å².